The predicted octanol–water partition coefficient (Wildman–Crippen LogP) is 0.860. The van der Waals surface area contributed by atoms with Crippen LogP contribution in [0, 0.1) is 0 Å². The summed E-state index contributed by atoms with van der Waals surface area (Å²) in [6, 6.07) is 3.87. The first-order chi connectivity index (χ1) is 8.72. The van der Waals surface area contributed by atoms with Gasteiger partial charge in [-0.3, -0.25) is 4.90 Å². The third-order valence-electron chi connectivity index (χ3n) is 3.59. The van der Waals surface area contributed by atoms with Gasteiger partial charge in [-0.1, -0.05) is 0 Å². The van der Waals surface area contributed by atoms with Gasteiger partial charge < -0.3 is 15.2 Å². The van der Waals surface area contributed by atoms with Crippen LogP contribution < -0.4 is 10.5 Å². The molecule has 2 aliphatic heterocycles. The maximum Gasteiger partial charge on any atom is 0.219 e. The predicted molar refractivity (Wildman–Crippen MR) is 68.7 cm³/mol. The summed E-state index contributed by atoms with van der Waals surface area (Å²) in [4.78, 5) is 6.56. The van der Waals surface area contributed by atoms with E-state index in [1.165, 1.54) is 0 Å². The van der Waals surface area contributed by atoms with Gasteiger partial charge in [-0.15, -0.1) is 0 Å². The fourth-order valence-electron chi connectivity index (χ4n) is 2.52. The van der Waals surface area contributed by atoms with Gasteiger partial charge in [-0.05, 0) is 25.6 Å². The molecule has 0 aromatic carbocycles. The molecule has 3 heterocycles. The summed E-state index contributed by atoms with van der Waals surface area (Å²) in [6.45, 7) is 3.49. The number of hydrogen-bond donors (Lipinski definition) is 1. The summed E-state index contributed by atoms with van der Waals surface area (Å²) >= 11 is 0. The van der Waals surface area contributed by atoms with Gasteiger partial charge in [0.05, 0.1) is 6.61 Å². The van der Waals surface area contributed by atoms with Crippen molar-refractivity contribution in [2.75, 3.05) is 39.1 Å². The Morgan fingerprint density at radius 1 is 1.44 bits per heavy atom. The molecule has 0 amide bonds. The molecule has 0 radical (unpaired) electrons. The van der Waals surface area contributed by atoms with Gasteiger partial charge in [0.15, 0.2) is 0 Å². The Bertz CT molecular complexity index is 426. The van der Waals surface area contributed by atoms with Gasteiger partial charge in [0.25, 0.3) is 0 Å². The standard InChI is InChI=1S/C13H19N3O2/c1-16-6-10(7-16)18-13-11(2-3-12(14)15-13)9-4-5-17-8-9/h2-3,9-10H,4-8H2,1H3,(H2,14,15). The molecule has 0 spiro atoms. The number of ether oxygens (including phenoxy) is 2. The average molecular weight is 249 g/mol. The molecule has 1 aromatic rings. The van der Waals surface area contributed by atoms with Crippen LogP contribution in [-0.2, 0) is 4.74 Å². The van der Waals surface area contributed by atoms with Crippen LogP contribution >= 0.6 is 0 Å². The molecule has 98 valence electrons. The van der Waals surface area contributed by atoms with Crippen LogP contribution in [0.25, 0.3) is 0 Å². The van der Waals surface area contributed by atoms with Gasteiger partial charge in [-0.2, -0.15) is 4.98 Å². The third-order valence-corrected chi connectivity index (χ3v) is 3.59. The summed E-state index contributed by atoms with van der Waals surface area (Å²) in [6.07, 6.45) is 1.28. The van der Waals surface area contributed by atoms with Crippen LogP contribution in [-0.4, -0.2) is 49.3 Å². The average Bonchev–Trinajstić information content (AvgIpc) is 2.80. The molecule has 5 nitrogen and oxygen atoms in total. The Kier molecular flexibility index (Phi) is 3.09. The summed E-state index contributed by atoms with van der Waals surface area (Å²) in [5.74, 6) is 1.61. The second kappa shape index (κ2) is 4.74. The first kappa shape index (κ1) is 11.7. The number of nitrogens with zero attached hydrogens (tertiary/aromatic N) is 2. The van der Waals surface area contributed by atoms with Crippen molar-refractivity contribution in [1.82, 2.24) is 9.88 Å². The van der Waals surface area contributed by atoms with Crippen LogP contribution in [0.15, 0.2) is 12.1 Å². The van der Waals surface area contributed by atoms with Gasteiger partial charge in [-0.25, -0.2) is 0 Å². The number of likely N-dealkylation sites (N-methyl/N-ethyl adjacent to an activating group) is 1. The van der Waals surface area contributed by atoms with E-state index in [1.54, 1.807) is 0 Å². The summed E-state index contributed by atoms with van der Waals surface area (Å²) < 4.78 is 11.4. The zero-order valence-corrected chi connectivity index (χ0v) is 10.6. The van der Waals surface area contributed by atoms with Crippen molar-refractivity contribution < 1.29 is 9.47 Å². The van der Waals surface area contributed by atoms with Crippen molar-refractivity contribution in [1.29, 1.82) is 0 Å². The Labute approximate surface area is 107 Å². The van der Waals surface area contributed by atoms with Crippen LogP contribution in [0.3, 0.4) is 0 Å². The van der Waals surface area contributed by atoms with Crippen LogP contribution in [0.5, 0.6) is 5.88 Å². The van der Waals surface area contributed by atoms with E-state index in [-0.39, 0.29) is 6.10 Å². The molecule has 0 bridgehead atoms. The minimum Gasteiger partial charge on any atom is -0.471 e. The number of aromatic nitrogens is 1. The Morgan fingerprint density at radius 2 is 2.28 bits per heavy atom. The molecule has 2 saturated heterocycles. The maximum absolute atomic E-state index is 5.96. The number of nitrogen functional groups attached to an aromatic ring is 1. The number of hydrogen-bond acceptors (Lipinski definition) is 5. The normalized spacial score (nSPS) is 25.1. The van der Waals surface area contributed by atoms with E-state index < -0.39 is 0 Å². The first-order valence-corrected chi connectivity index (χ1v) is 6.42. The molecular weight excluding hydrogens is 230 g/mol. The fourth-order valence-corrected chi connectivity index (χ4v) is 2.52. The molecule has 0 aliphatic carbocycles. The molecule has 3 rings (SSSR count). The molecule has 2 N–H and O–H groups in total. The van der Waals surface area contributed by atoms with E-state index in [9.17, 15) is 0 Å². The van der Waals surface area contributed by atoms with Crippen molar-refractivity contribution in [3.05, 3.63) is 17.7 Å². The zero-order valence-electron chi connectivity index (χ0n) is 10.6. The lowest BCUT2D eigenvalue weighted by Gasteiger charge is -2.36. The zero-order chi connectivity index (χ0) is 12.5. The van der Waals surface area contributed by atoms with Gasteiger partial charge >= 0.3 is 0 Å². The highest BCUT2D eigenvalue weighted by Crippen LogP contribution is 2.32. The number of likely N-dealkylation sites (tertiary alicyclic amines) is 1. The van der Waals surface area contributed by atoms with Crippen molar-refractivity contribution in [2.24, 2.45) is 0 Å². The minimum atomic E-state index is 0.241. The summed E-state index contributed by atoms with van der Waals surface area (Å²) in [5.41, 5.74) is 6.89. The molecule has 1 aromatic heterocycles. The molecule has 1 unspecified atom stereocenters. The molecule has 2 fully saturated rings. The monoisotopic (exact) mass is 249 g/mol. The minimum absolute atomic E-state index is 0.241. The third kappa shape index (κ3) is 2.28. The van der Waals surface area contributed by atoms with Crippen molar-refractivity contribution in [2.45, 2.75) is 18.4 Å². The van der Waals surface area contributed by atoms with Crippen LogP contribution in [0.1, 0.15) is 17.9 Å². The quantitative estimate of drug-likeness (QED) is 0.861. The largest absolute Gasteiger partial charge is 0.471 e. The topological polar surface area (TPSA) is 60.6 Å². The molecular formula is C13H19N3O2. The van der Waals surface area contributed by atoms with E-state index in [2.05, 4.69) is 16.9 Å². The number of anilines is 1. The van der Waals surface area contributed by atoms with Crippen molar-refractivity contribution in [3.8, 4) is 5.88 Å². The highest BCUT2D eigenvalue weighted by atomic mass is 16.5. The van der Waals surface area contributed by atoms with Crippen molar-refractivity contribution >= 4 is 5.82 Å². The highest BCUT2D eigenvalue weighted by molar-refractivity contribution is 5.40. The van der Waals surface area contributed by atoms with E-state index in [0.29, 0.717) is 17.6 Å². The molecule has 5 heteroatoms. The van der Waals surface area contributed by atoms with Gasteiger partial charge in [0.2, 0.25) is 5.88 Å². The smallest absolute Gasteiger partial charge is 0.219 e. The molecule has 1 atom stereocenters. The molecule has 18 heavy (non-hydrogen) atoms. The van der Waals surface area contributed by atoms with Gasteiger partial charge in [0.1, 0.15) is 11.9 Å². The van der Waals surface area contributed by atoms with Crippen molar-refractivity contribution in [3.63, 3.8) is 0 Å². The summed E-state index contributed by atoms with van der Waals surface area (Å²) in [7, 11) is 2.08. The van der Waals surface area contributed by atoms with E-state index in [0.717, 1.165) is 38.3 Å². The lowest BCUT2D eigenvalue weighted by Crippen LogP contribution is -2.51. The van der Waals surface area contributed by atoms with Gasteiger partial charge in [0, 0.05) is 31.2 Å². The first-order valence-electron chi connectivity index (χ1n) is 6.42. The lowest BCUT2D eigenvalue weighted by molar-refractivity contribution is 0.0346. The van der Waals surface area contributed by atoms with E-state index >= 15 is 0 Å². The van der Waals surface area contributed by atoms with E-state index in [4.69, 9.17) is 15.2 Å². The van der Waals surface area contributed by atoms with E-state index in [1.807, 2.05) is 12.1 Å². The molecule has 2 aliphatic rings. The second-order valence-corrected chi connectivity index (χ2v) is 5.15. The van der Waals surface area contributed by atoms with Crippen LogP contribution in [0.4, 0.5) is 5.82 Å². The number of rotatable bonds is 3. The lowest BCUT2D eigenvalue weighted by atomic mass is 9.99. The van der Waals surface area contributed by atoms with Crippen LogP contribution in [0.2, 0.25) is 0 Å². The number of nitrogens with two attached hydrogens (primary N) is 1. The fraction of sp³-hybridized carbons (Fsp3) is 0.615. The number of pyridine rings is 1. The maximum atomic E-state index is 5.96. The Balaban J connectivity index is 1.79. The SMILES string of the molecule is CN1CC(Oc2nc(N)ccc2C2CCOC2)C1. The second-order valence-electron chi connectivity index (χ2n) is 5.15. The Morgan fingerprint density at radius 3 is 2.94 bits per heavy atom. The summed E-state index contributed by atoms with van der Waals surface area (Å²) in [5, 5.41) is 0. The Hall–Kier alpha value is -1.33. The molecule has 0 saturated carbocycles. The highest BCUT2D eigenvalue weighted by Gasteiger charge is 2.28.